The van der Waals surface area contributed by atoms with Gasteiger partial charge in [-0.2, -0.15) is 0 Å². The highest BCUT2D eigenvalue weighted by Crippen LogP contribution is 2.33. The molecule has 2 aromatic heterocycles. The van der Waals surface area contributed by atoms with Crippen molar-refractivity contribution in [2.45, 2.75) is 13.2 Å². The van der Waals surface area contributed by atoms with E-state index in [4.69, 9.17) is 29.8 Å². The first-order valence-electron chi connectivity index (χ1n) is 8.79. The number of nitrogen functional groups attached to an aromatic ring is 2. The molecule has 6 nitrogen and oxygen atoms in total. The van der Waals surface area contributed by atoms with E-state index in [-0.39, 0.29) is 0 Å². The number of hydrogen-bond donors (Lipinski definition) is 2. The average Bonchev–Trinajstić information content (AvgIpc) is 3.41. The van der Waals surface area contributed by atoms with Gasteiger partial charge >= 0.3 is 0 Å². The zero-order valence-electron chi connectivity index (χ0n) is 15.1. The lowest BCUT2D eigenvalue weighted by Crippen LogP contribution is -1.99. The van der Waals surface area contributed by atoms with Gasteiger partial charge in [0.1, 0.15) is 36.2 Å². The van der Waals surface area contributed by atoms with Crippen LogP contribution >= 0.6 is 0 Å². The van der Waals surface area contributed by atoms with Crippen LogP contribution in [0.5, 0.6) is 11.5 Å². The van der Waals surface area contributed by atoms with Crippen molar-refractivity contribution >= 4 is 11.4 Å². The zero-order valence-corrected chi connectivity index (χ0v) is 15.1. The first-order valence-corrected chi connectivity index (χ1v) is 8.79. The van der Waals surface area contributed by atoms with E-state index < -0.39 is 0 Å². The molecule has 142 valence electrons. The third-order valence-electron chi connectivity index (χ3n) is 4.26. The normalized spacial score (nSPS) is 10.7. The molecule has 0 fully saturated rings. The summed E-state index contributed by atoms with van der Waals surface area (Å²) in [4.78, 5) is 0. The minimum Gasteiger partial charge on any atom is -0.483 e. The van der Waals surface area contributed by atoms with Crippen LogP contribution < -0.4 is 20.9 Å². The van der Waals surface area contributed by atoms with Crippen molar-refractivity contribution in [1.29, 1.82) is 0 Å². The Morgan fingerprint density at radius 2 is 1.11 bits per heavy atom. The van der Waals surface area contributed by atoms with Crippen molar-refractivity contribution in [3.63, 3.8) is 0 Å². The van der Waals surface area contributed by atoms with Crippen molar-refractivity contribution in [1.82, 2.24) is 0 Å². The third kappa shape index (κ3) is 3.96. The van der Waals surface area contributed by atoms with Crippen LogP contribution in [-0.2, 0) is 13.2 Å². The lowest BCUT2D eigenvalue weighted by molar-refractivity contribution is 0.271. The van der Waals surface area contributed by atoms with Crippen LogP contribution in [0.15, 0.2) is 82.0 Å². The van der Waals surface area contributed by atoms with Crippen LogP contribution in [0.4, 0.5) is 11.4 Å². The molecule has 0 amide bonds. The van der Waals surface area contributed by atoms with Crippen molar-refractivity contribution < 1.29 is 18.3 Å². The summed E-state index contributed by atoms with van der Waals surface area (Å²) in [6, 6.07) is 18.6. The van der Waals surface area contributed by atoms with E-state index in [1.807, 2.05) is 60.7 Å². The van der Waals surface area contributed by atoms with Crippen LogP contribution in [0.2, 0.25) is 0 Å². The van der Waals surface area contributed by atoms with Gasteiger partial charge in [-0.15, -0.1) is 0 Å². The molecule has 0 bridgehead atoms. The molecule has 0 radical (unpaired) electrons. The van der Waals surface area contributed by atoms with Gasteiger partial charge in [0.2, 0.25) is 0 Å². The van der Waals surface area contributed by atoms with Gasteiger partial charge in [-0.1, -0.05) is 12.1 Å². The first-order chi connectivity index (χ1) is 13.7. The third-order valence-corrected chi connectivity index (χ3v) is 4.26. The molecule has 0 unspecified atom stereocenters. The lowest BCUT2D eigenvalue weighted by atomic mass is 10.0. The summed E-state index contributed by atoms with van der Waals surface area (Å²) < 4.78 is 22.2. The van der Waals surface area contributed by atoms with Crippen LogP contribution in [0.3, 0.4) is 0 Å². The van der Waals surface area contributed by atoms with E-state index >= 15 is 0 Å². The van der Waals surface area contributed by atoms with Crippen molar-refractivity contribution in [2.24, 2.45) is 0 Å². The van der Waals surface area contributed by atoms with E-state index in [0.717, 1.165) is 22.6 Å². The molecule has 0 atom stereocenters. The van der Waals surface area contributed by atoms with Gasteiger partial charge in [-0.3, -0.25) is 0 Å². The second kappa shape index (κ2) is 7.84. The molecule has 0 saturated heterocycles. The number of benzene rings is 2. The predicted molar refractivity (Wildman–Crippen MR) is 107 cm³/mol. The minimum atomic E-state index is 0.305. The van der Waals surface area contributed by atoms with Gasteiger partial charge in [0.25, 0.3) is 0 Å². The maximum Gasteiger partial charge on any atom is 0.146 e. The molecule has 0 saturated carbocycles. The van der Waals surface area contributed by atoms with Crippen molar-refractivity contribution in [3.8, 4) is 22.6 Å². The highest BCUT2D eigenvalue weighted by atomic mass is 16.5. The number of anilines is 2. The Labute approximate surface area is 162 Å². The first kappa shape index (κ1) is 17.6. The Kier molecular flexibility index (Phi) is 4.93. The molecular weight excluding hydrogens is 356 g/mol. The largest absolute Gasteiger partial charge is 0.483 e. The average molecular weight is 376 g/mol. The molecule has 0 spiro atoms. The minimum absolute atomic E-state index is 0.305. The molecule has 2 heterocycles. The SMILES string of the molecule is Nc1ccc(-c2ccc(N)c(OCc3ccco3)c2)cc1OCc1ccco1. The summed E-state index contributed by atoms with van der Waals surface area (Å²) >= 11 is 0. The van der Waals surface area contributed by atoms with Gasteiger partial charge < -0.3 is 29.8 Å². The molecule has 0 aliphatic heterocycles. The quantitative estimate of drug-likeness (QED) is 0.447. The second-order valence-electron chi connectivity index (χ2n) is 6.24. The van der Waals surface area contributed by atoms with Gasteiger partial charge in [0.05, 0.1) is 23.9 Å². The monoisotopic (exact) mass is 376 g/mol. The molecule has 2 aromatic carbocycles. The van der Waals surface area contributed by atoms with Gasteiger partial charge in [0.15, 0.2) is 0 Å². The summed E-state index contributed by atoms with van der Waals surface area (Å²) in [5, 5.41) is 0. The van der Waals surface area contributed by atoms with E-state index in [1.54, 1.807) is 12.5 Å². The number of ether oxygens (including phenoxy) is 2. The Morgan fingerprint density at radius 3 is 1.50 bits per heavy atom. The Balaban J connectivity index is 1.54. The smallest absolute Gasteiger partial charge is 0.146 e. The molecule has 4 N–H and O–H groups in total. The Hall–Kier alpha value is -3.80. The summed E-state index contributed by atoms with van der Waals surface area (Å²) in [6.07, 6.45) is 3.22. The van der Waals surface area contributed by atoms with Crippen LogP contribution in [-0.4, -0.2) is 0 Å². The molecule has 28 heavy (non-hydrogen) atoms. The van der Waals surface area contributed by atoms with E-state index in [0.29, 0.717) is 36.1 Å². The molecular formula is C22H20N2O4. The fourth-order valence-corrected chi connectivity index (χ4v) is 2.77. The van der Waals surface area contributed by atoms with E-state index in [1.165, 1.54) is 0 Å². The van der Waals surface area contributed by atoms with Crippen molar-refractivity contribution in [3.05, 3.63) is 84.7 Å². The highest BCUT2D eigenvalue weighted by Gasteiger charge is 2.09. The van der Waals surface area contributed by atoms with Crippen molar-refractivity contribution in [2.75, 3.05) is 11.5 Å². The fraction of sp³-hybridized carbons (Fsp3) is 0.0909. The fourth-order valence-electron chi connectivity index (χ4n) is 2.77. The van der Waals surface area contributed by atoms with Crippen LogP contribution in [0.1, 0.15) is 11.5 Å². The van der Waals surface area contributed by atoms with Crippen LogP contribution in [0, 0.1) is 0 Å². The number of furan rings is 2. The number of rotatable bonds is 7. The Bertz CT molecular complexity index is 955. The molecule has 0 aliphatic rings. The lowest BCUT2D eigenvalue weighted by Gasteiger charge is -2.12. The van der Waals surface area contributed by atoms with E-state index in [9.17, 15) is 0 Å². The highest BCUT2D eigenvalue weighted by molar-refractivity contribution is 5.73. The van der Waals surface area contributed by atoms with E-state index in [2.05, 4.69) is 0 Å². The molecule has 6 heteroatoms. The predicted octanol–water partition coefficient (Wildman–Crippen LogP) is 4.86. The molecule has 4 rings (SSSR count). The summed E-state index contributed by atoms with van der Waals surface area (Å²) in [6.45, 7) is 0.611. The Morgan fingerprint density at radius 1 is 0.643 bits per heavy atom. The summed E-state index contributed by atoms with van der Waals surface area (Å²) in [5.41, 5.74) is 15.1. The number of nitrogens with two attached hydrogens (primary N) is 2. The maximum atomic E-state index is 6.05. The summed E-state index contributed by atoms with van der Waals surface area (Å²) in [5.74, 6) is 2.63. The summed E-state index contributed by atoms with van der Waals surface area (Å²) in [7, 11) is 0. The molecule has 4 aromatic rings. The van der Waals surface area contributed by atoms with Crippen LogP contribution in [0.25, 0.3) is 11.1 Å². The number of hydrogen-bond acceptors (Lipinski definition) is 6. The maximum absolute atomic E-state index is 6.05. The standard InChI is InChI=1S/C22H20N2O4/c23-19-7-5-15(11-21(19)27-13-17-3-1-9-25-17)16-6-8-20(24)22(12-16)28-14-18-4-2-10-26-18/h1-12H,13-14,23-24H2. The van der Waals surface area contributed by atoms with Gasteiger partial charge in [-0.05, 0) is 59.7 Å². The van der Waals surface area contributed by atoms with Gasteiger partial charge in [0, 0.05) is 0 Å². The second-order valence-corrected chi connectivity index (χ2v) is 6.24. The molecule has 0 aliphatic carbocycles. The van der Waals surface area contributed by atoms with Gasteiger partial charge in [-0.25, -0.2) is 0 Å². The topological polar surface area (TPSA) is 96.8 Å². The zero-order chi connectivity index (χ0) is 19.3.